The number of hydrogen-bond acceptors (Lipinski definition) is 5. The zero-order valence-corrected chi connectivity index (χ0v) is 25.8. The fourth-order valence-electron chi connectivity index (χ4n) is 6.64. The average molecular weight is 615 g/mol. The number of thiophene rings is 3. The molecule has 0 radical (unpaired) electrons. The van der Waals surface area contributed by atoms with Crippen molar-refractivity contribution in [2.45, 2.75) is 0 Å². The van der Waals surface area contributed by atoms with E-state index in [-0.39, 0.29) is 0 Å². The molecule has 0 amide bonds. The van der Waals surface area contributed by atoms with Gasteiger partial charge in [-0.15, -0.1) is 34.0 Å². The lowest BCUT2D eigenvalue weighted by atomic mass is 10.1. The van der Waals surface area contributed by atoms with Gasteiger partial charge in [0.05, 0.1) is 22.1 Å². The van der Waals surface area contributed by atoms with Crippen LogP contribution in [-0.2, 0) is 0 Å². The summed E-state index contributed by atoms with van der Waals surface area (Å²) in [4.78, 5) is 7.50. The highest BCUT2D eigenvalue weighted by atomic mass is 32.1. The van der Waals surface area contributed by atoms with Gasteiger partial charge in [-0.1, -0.05) is 78.9 Å². The van der Waals surface area contributed by atoms with Crippen molar-refractivity contribution in [3.63, 3.8) is 0 Å². The van der Waals surface area contributed by atoms with E-state index in [9.17, 15) is 0 Å². The Morgan fingerprint density at radius 3 is 1.89 bits per heavy atom. The van der Waals surface area contributed by atoms with Crippen LogP contribution in [0.2, 0.25) is 0 Å². The van der Waals surface area contributed by atoms with Gasteiger partial charge in [-0.2, -0.15) is 0 Å². The maximum absolute atomic E-state index is 5.12. The van der Waals surface area contributed by atoms with Gasteiger partial charge in [0.2, 0.25) is 0 Å². The third-order valence-electron chi connectivity index (χ3n) is 8.68. The number of benzene rings is 6. The molecule has 0 saturated carbocycles. The zero-order valence-electron chi connectivity index (χ0n) is 23.3. The Kier molecular flexibility index (Phi) is 5.23. The van der Waals surface area contributed by atoms with Gasteiger partial charge in [0, 0.05) is 61.8 Å². The molecule has 44 heavy (non-hydrogen) atoms. The molecule has 0 aliphatic carbocycles. The molecule has 10 rings (SSSR count). The average Bonchev–Trinajstić information content (AvgIpc) is 3.75. The first-order valence-electron chi connectivity index (χ1n) is 14.6. The minimum atomic E-state index is 1.06. The van der Waals surface area contributed by atoms with Crippen molar-refractivity contribution in [2.75, 3.05) is 4.90 Å². The first kappa shape index (κ1) is 24.6. The molecule has 5 heteroatoms. The summed E-state index contributed by atoms with van der Waals surface area (Å²) in [7, 11) is 0. The van der Waals surface area contributed by atoms with Crippen molar-refractivity contribution in [3.8, 4) is 0 Å². The van der Waals surface area contributed by atoms with E-state index < -0.39 is 0 Å². The summed E-state index contributed by atoms with van der Waals surface area (Å²) in [6.07, 6.45) is 2.05. The number of anilines is 3. The molecular weight excluding hydrogens is 593 g/mol. The molecule has 0 aliphatic rings. The smallest absolute Gasteiger partial charge is 0.0890 e. The highest BCUT2D eigenvalue weighted by Crippen LogP contribution is 2.45. The van der Waals surface area contributed by atoms with Crippen LogP contribution in [0.5, 0.6) is 0 Å². The van der Waals surface area contributed by atoms with Crippen molar-refractivity contribution in [2.24, 2.45) is 0 Å². The molecule has 0 fully saturated rings. The Labute approximate surface area is 264 Å². The summed E-state index contributed by atoms with van der Waals surface area (Å²) in [5, 5.41) is 8.99. The van der Waals surface area contributed by atoms with E-state index in [1.807, 2.05) is 34.0 Å². The normalized spacial score (nSPS) is 12.1. The van der Waals surface area contributed by atoms with Gasteiger partial charge in [-0.3, -0.25) is 4.98 Å². The van der Waals surface area contributed by atoms with E-state index in [1.165, 1.54) is 65.9 Å². The van der Waals surface area contributed by atoms with Crippen molar-refractivity contribution in [1.29, 1.82) is 0 Å². The van der Waals surface area contributed by atoms with Gasteiger partial charge >= 0.3 is 0 Å². The van der Waals surface area contributed by atoms with Crippen LogP contribution in [0.3, 0.4) is 0 Å². The maximum Gasteiger partial charge on any atom is 0.0890 e. The molecule has 0 bridgehead atoms. The van der Waals surface area contributed by atoms with E-state index in [2.05, 4.69) is 138 Å². The van der Waals surface area contributed by atoms with Crippen LogP contribution in [0.1, 0.15) is 0 Å². The summed E-state index contributed by atoms with van der Waals surface area (Å²) in [5.74, 6) is 0. The molecule has 0 atom stereocenters. The van der Waals surface area contributed by atoms with Crippen LogP contribution in [0, 0.1) is 0 Å². The van der Waals surface area contributed by atoms with E-state index in [4.69, 9.17) is 4.98 Å². The SMILES string of the molecule is c1ccc2c(c1)ccc1c3ncc(N(c4ccc5c(c4)sc4ccccc45)c4ccc5sc6ccccc6c5c4)cc3sc21. The van der Waals surface area contributed by atoms with Crippen molar-refractivity contribution < 1.29 is 0 Å². The number of hydrogen-bond donors (Lipinski definition) is 0. The van der Waals surface area contributed by atoms with Gasteiger partial charge < -0.3 is 4.90 Å². The van der Waals surface area contributed by atoms with E-state index >= 15 is 0 Å². The third-order valence-corrected chi connectivity index (χ3v) is 12.1. The quantitative estimate of drug-likeness (QED) is 0.197. The second kappa shape index (κ2) is 9.34. The maximum atomic E-state index is 5.12. The van der Waals surface area contributed by atoms with Crippen molar-refractivity contribution in [1.82, 2.24) is 4.98 Å². The molecule has 0 spiro atoms. The minimum Gasteiger partial charge on any atom is -0.309 e. The van der Waals surface area contributed by atoms with Crippen LogP contribution < -0.4 is 4.90 Å². The van der Waals surface area contributed by atoms with Crippen LogP contribution in [-0.4, -0.2) is 4.98 Å². The number of rotatable bonds is 3. The highest BCUT2D eigenvalue weighted by molar-refractivity contribution is 7.27. The summed E-state index contributed by atoms with van der Waals surface area (Å²) >= 11 is 5.55. The lowest BCUT2D eigenvalue weighted by molar-refractivity contribution is 1.27. The van der Waals surface area contributed by atoms with Crippen LogP contribution in [0.4, 0.5) is 17.1 Å². The molecule has 2 nitrogen and oxygen atoms in total. The predicted molar refractivity (Wildman–Crippen MR) is 195 cm³/mol. The van der Waals surface area contributed by atoms with E-state index in [0.717, 1.165) is 22.6 Å². The van der Waals surface area contributed by atoms with Crippen LogP contribution in [0.25, 0.3) is 71.4 Å². The number of fused-ring (bicyclic) bond motifs is 11. The Morgan fingerprint density at radius 2 is 1.02 bits per heavy atom. The Bertz CT molecular complexity index is 2750. The molecule has 206 valence electrons. The molecule has 0 unspecified atom stereocenters. The number of nitrogens with zero attached hydrogens (tertiary/aromatic N) is 2. The summed E-state index contributed by atoms with van der Waals surface area (Å²) in [6, 6.07) is 46.6. The minimum absolute atomic E-state index is 1.06. The second-order valence-corrected chi connectivity index (χ2v) is 14.4. The highest BCUT2D eigenvalue weighted by Gasteiger charge is 2.19. The monoisotopic (exact) mass is 614 g/mol. The fraction of sp³-hybridized carbons (Fsp3) is 0. The Hall–Kier alpha value is -4.81. The predicted octanol–water partition coefficient (Wildman–Crippen LogP) is 12.8. The van der Waals surface area contributed by atoms with Crippen LogP contribution in [0.15, 0.2) is 134 Å². The van der Waals surface area contributed by atoms with Gasteiger partial charge in [0.1, 0.15) is 0 Å². The standard InChI is InChI=1S/C39H22N2S3/c1-2-8-27-23(7-1)13-16-31-38-37(44-39(27)31)21-26(22-40-38)41(24-15-18-35-32(19-24)29-10-4-6-12-34(29)42-35)25-14-17-30-28-9-3-5-11-33(28)43-36(30)20-25/h1-22H. The van der Waals surface area contributed by atoms with Crippen LogP contribution >= 0.6 is 34.0 Å². The van der Waals surface area contributed by atoms with Gasteiger partial charge in [-0.05, 0) is 59.3 Å². The van der Waals surface area contributed by atoms with Gasteiger partial charge in [0.25, 0.3) is 0 Å². The Balaban J connectivity index is 1.22. The van der Waals surface area contributed by atoms with E-state index in [1.54, 1.807) is 0 Å². The number of pyridine rings is 1. The largest absolute Gasteiger partial charge is 0.309 e. The zero-order chi connectivity index (χ0) is 28.8. The first-order chi connectivity index (χ1) is 21.8. The summed E-state index contributed by atoms with van der Waals surface area (Å²) < 4.78 is 7.73. The lowest BCUT2D eigenvalue weighted by Crippen LogP contribution is -2.10. The summed E-state index contributed by atoms with van der Waals surface area (Å²) in [6.45, 7) is 0. The fourth-order valence-corrected chi connectivity index (χ4v) is 10.1. The molecule has 4 aromatic heterocycles. The molecule has 4 heterocycles. The lowest BCUT2D eigenvalue weighted by Gasteiger charge is -2.25. The molecule has 6 aromatic carbocycles. The molecule has 10 aromatic rings. The van der Waals surface area contributed by atoms with Gasteiger partial charge in [0.15, 0.2) is 0 Å². The van der Waals surface area contributed by atoms with Crippen molar-refractivity contribution >= 4 is 122 Å². The summed E-state index contributed by atoms with van der Waals surface area (Å²) in [5.41, 5.74) is 4.40. The van der Waals surface area contributed by atoms with E-state index in [0.29, 0.717) is 0 Å². The second-order valence-electron chi connectivity index (χ2n) is 11.2. The van der Waals surface area contributed by atoms with Gasteiger partial charge in [-0.25, -0.2) is 0 Å². The van der Waals surface area contributed by atoms with Crippen molar-refractivity contribution in [3.05, 3.63) is 134 Å². The third kappa shape index (κ3) is 3.61. The molecule has 0 aliphatic heterocycles. The Morgan fingerprint density at radius 1 is 0.409 bits per heavy atom. The first-order valence-corrected chi connectivity index (χ1v) is 17.1. The molecule has 0 saturated heterocycles. The topological polar surface area (TPSA) is 16.1 Å². The number of aromatic nitrogens is 1. The molecular formula is C39H22N2S3. The molecule has 0 N–H and O–H groups in total.